The minimum atomic E-state index is 0.466. The molecule has 1 aromatic carbocycles. The second kappa shape index (κ2) is 14.4. The summed E-state index contributed by atoms with van der Waals surface area (Å²) in [6, 6.07) is 11.7. The van der Waals surface area contributed by atoms with Crippen molar-refractivity contribution in [1.82, 2.24) is 15.5 Å². The third-order valence-electron chi connectivity index (χ3n) is 5.48. The second-order valence-electron chi connectivity index (χ2n) is 7.62. The maximum atomic E-state index is 5.60. The highest BCUT2D eigenvalue weighted by molar-refractivity contribution is 5.79. The average Bonchev–Trinajstić information content (AvgIpc) is 2.77. The van der Waals surface area contributed by atoms with Crippen LogP contribution in [0.15, 0.2) is 35.3 Å². The van der Waals surface area contributed by atoms with E-state index in [2.05, 4.69) is 64.7 Å². The summed E-state index contributed by atoms with van der Waals surface area (Å²) in [6.45, 7) is 10.2. The number of hydrogen-bond acceptors (Lipinski definition) is 4. The van der Waals surface area contributed by atoms with E-state index < -0.39 is 0 Å². The number of unbranched alkanes of at least 4 members (excludes halogenated alkanes) is 1. The van der Waals surface area contributed by atoms with Gasteiger partial charge in [-0.3, -0.25) is 9.89 Å². The Kier molecular flexibility index (Phi) is 11.7. The summed E-state index contributed by atoms with van der Waals surface area (Å²) < 4.78 is 11.1. The fourth-order valence-corrected chi connectivity index (χ4v) is 3.57. The average molecular weight is 405 g/mol. The predicted molar refractivity (Wildman–Crippen MR) is 120 cm³/mol. The molecule has 1 saturated heterocycles. The van der Waals surface area contributed by atoms with Crippen LogP contribution >= 0.6 is 0 Å². The standard InChI is InChI=1S/C23H40N4O2/c1-4-5-16-28-18-19-29-17-13-25-23(24-3)26-22-11-14-27(15-12-22)20(2)21-9-7-6-8-10-21/h6-10,20,22H,4-5,11-19H2,1-3H3,(H2,24,25,26). The molecule has 1 fully saturated rings. The highest BCUT2D eigenvalue weighted by atomic mass is 16.5. The fraction of sp³-hybridized carbons (Fsp3) is 0.696. The van der Waals surface area contributed by atoms with Gasteiger partial charge in [-0.25, -0.2) is 0 Å². The normalized spacial score (nSPS) is 17.3. The van der Waals surface area contributed by atoms with Crippen LogP contribution in [0.25, 0.3) is 0 Å². The molecule has 2 rings (SSSR count). The number of benzene rings is 1. The van der Waals surface area contributed by atoms with Crippen LogP contribution in [0.3, 0.4) is 0 Å². The van der Waals surface area contributed by atoms with Crippen molar-refractivity contribution in [3.63, 3.8) is 0 Å². The highest BCUT2D eigenvalue weighted by Crippen LogP contribution is 2.23. The first kappa shape index (κ1) is 23.6. The van der Waals surface area contributed by atoms with Gasteiger partial charge in [0.15, 0.2) is 5.96 Å². The van der Waals surface area contributed by atoms with Gasteiger partial charge in [0.1, 0.15) is 0 Å². The van der Waals surface area contributed by atoms with Crippen LogP contribution in [0.1, 0.15) is 51.1 Å². The van der Waals surface area contributed by atoms with E-state index >= 15 is 0 Å². The molecular formula is C23H40N4O2. The molecule has 164 valence electrons. The number of hydrogen-bond donors (Lipinski definition) is 2. The van der Waals surface area contributed by atoms with E-state index in [-0.39, 0.29) is 0 Å². The molecule has 1 aliphatic rings. The number of nitrogens with one attached hydrogen (secondary N) is 2. The Balaban J connectivity index is 1.57. The Morgan fingerprint density at radius 1 is 1.10 bits per heavy atom. The van der Waals surface area contributed by atoms with Crippen molar-refractivity contribution in [2.45, 2.75) is 51.6 Å². The van der Waals surface area contributed by atoms with Gasteiger partial charge in [-0.2, -0.15) is 0 Å². The molecule has 1 aromatic rings. The van der Waals surface area contributed by atoms with Gasteiger partial charge < -0.3 is 20.1 Å². The minimum absolute atomic E-state index is 0.466. The van der Waals surface area contributed by atoms with Gasteiger partial charge in [-0.15, -0.1) is 0 Å². The van der Waals surface area contributed by atoms with E-state index in [1.54, 1.807) is 0 Å². The maximum Gasteiger partial charge on any atom is 0.191 e. The monoisotopic (exact) mass is 404 g/mol. The van der Waals surface area contributed by atoms with Crippen LogP contribution in [0.4, 0.5) is 0 Å². The number of guanidine groups is 1. The summed E-state index contributed by atoms with van der Waals surface area (Å²) in [5.41, 5.74) is 1.40. The molecule has 1 unspecified atom stereocenters. The van der Waals surface area contributed by atoms with Gasteiger partial charge in [-0.1, -0.05) is 43.7 Å². The minimum Gasteiger partial charge on any atom is -0.379 e. The van der Waals surface area contributed by atoms with E-state index in [9.17, 15) is 0 Å². The molecule has 1 heterocycles. The van der Waals surface area contributed by atoms with E-state index in [0.29, 0.717) is 31.9 Å². The van der Waals surface area contributed by atoms with Crippen molar-refractivity contribution in [3.8, 4) is 0 Å². The summed E-state index contributed by atoms with van der Waals surface area (Å²) in [6.07, 6.45) is 4.54. The summed E-state index contributed by atoms with van der Waals surface area (Å²) in [5, 5.41) is 6.91. The van der Waals surface area contributed by atoms with E-state index in [1.807, 2.05) is 7.05 Å². The first-order valence-corrected chi connectivity index (χ1v) is 11.2. The van der Waals surface area contributed by atoms with Crippen molar-refractivity contribution >= 4 is 5.96 Å². The summed E-state index contributed by atoms with van der Waals surface area (Å²) >= 11 is 0. The Bertz CT molecular complexity index is 559. The lowest BCUT2D eigenvalue weighted by Crippen LogP contribution is -2.49. The van der Waals surface area contributed by atoms with Crippen LogP contribution in [0.2, 0.25) is 0 Å². The van der Waals surface area contributed by atoms with Crippen molar-refractivity contribution in [2.24, 2.45) is 4.99 Å². The first-order valence-electron chi connectivity index (χ1n) is 11.2. The molecule has 0 radical (unpaired) electrons. The van der Waals surface area contributed by atoms with Gasteiger partial charge in [0, 0.05) is 45.4 Å². The number of likely N-dealkylation sites (tertiary alicyclic amines) is 1. The molecule has 0 saturated carbocycles. The number of piperidine rings is 1. The first-order chi connectivity index (χ1) is 14.2. The fourth-order valence-electron chi connectivity index (χ4n) is 3.57. The third kappa shape index (κ3) is 9.15. The Labute approximate surface area is 177 Å². The van der Waals surface area contributed by atoms with Gasteiger partial charge in [0.05, 0.1) is 19.8 Å². The van der Waals surface area contributed by atoms with Crippen LogP contribution in [0, 0.1) is 0 Å². The highest BCUT2D eigenvalue weighted by Gasteiger charge is 2.23. The van der Waals surface area contributed by atoms with Crippen molar-refractivity contribution in [1.29, 1.82) is 0 Å². The Morgan fingerprint density at radius 3 is 2.45 bits per heavy atom. The molecule has 2 N–H and O–H groups in total. The molecule has 0 amide bonds. The van der Waals surface area contributed by atoms with Gasteiger partial charge in [0.2, 0.25) is 0 Å². The molecule has 0 aromatic heterocycles. The summed E-state index contributed by atoms with van der Waals surface area (Å²) in [7, 11) is 1.82. The Hall–Kier alpha value is -1.63. The third-order valence-corrected chi connectivity index (χ3v) is 5.48. The van der Waals surface area contributed by atoms with Gasteiger partial charge in [-0.05, 0) is 31.7 Å². The molecule has 29 heavy (non-hydrogen) atoms. The van der Waals surface area contributed by atoms with Crippen LogP contribution in [0.5, 0.6) is 0 Å². The topological polar surface area (TPSA) is 58.1 Å². The lowest BCUT2D eigenvalue weighted by atomic mass is 10.0. The van der Waals surface area contributed by atoms with Crippen LogP contribution < -0.4 is 10.6 Å². The smallest absolute Gasteiger partial charge is 0.191 e. The molecule has 6 heteroatoms. The Morgan fingerprint density at radius 2 is 1.79 bits per heavy atom. The number of aliphatic imine (C=N–C) groups is 1. The molecule has 0 aliphatic carbocycles. The zero-order valence-electron chi connectivity index (χ0n) is 18.5. The summed E-state index contributed by atoms with van der Waals surface area (Å²) in [4.78, 5) is 6.92. The SMILES string of the molecule is CCCCOCCOCCNC(=NC)NC1CCN(C(C)c2ccccc2)CC1. The molecular weight excluding hydrogens is 364 g/mol. The lowest BCUT2D eigenvalue weighted by molar-refractivity contribution is 0.0487. The van der Waals surface area contributed by atoms with Crippen LogP contribution in [-0.2, 0) is 9.47 Å². The van der Waals surface area contributed by atoms with Gasteiger partial charge in [0.25, 0.3) is 0 Å². The zero-order valence-corrected chi connectivity index (χ0v) is 18.5. The van der Waals surface area contributed by atoms with Gasteiger partial charge >= 0.3 is 0 Å². The zero-order chi connectivity index (χ0) is 20.7. The molecule has 1 atom stereocenters. The largest absolute Gasteiger partial charge is 0.379 e. The van der Waals surface area contributed by atoms with Crippen LogP contribution in [-0.4, -0.2) is 70.0 Å². The van der Waals surface area contributed by atoms with Crippen molar-refractivity contribution < 1.29 is 9.47 Å². The maximum absolute atomic E-state index is 5.60. The number of nitrogens with zero attached hydrogens (tertiary/aromatic N) is 2. The number of rotatable bonds is 12. The quantitative estimate of drug-likeness (QED) is 0.318. The summed E-state index contributed by atoms with van der Waals surface area (Å²) in [5.74, 6) is 0.863. The number of ether oxygens (including phenoxy) is 2. The predicted octanol–water partition coefficient (Wildman–Crippen LogP) is 3.21. The lowest BCUT2D eigenvalue weighted by Gasteiger charge is -2.37. The van der Waals surface area contributed by atoms with Crippen molar-refractivity contribution in [3.05, 3.63) is 35.9 Å². The molecule has 0 spiro atoms. The second-order valence-corrected chi connectivity index (χ2v) is 7.62. The van der Waals surface area contributed by atoms with E-state index in [0.717, 1.165) is 51.5 Å². The molecule has 1 aliphatic heterocycles. The van der Waals surface area contributed by atoms with E-state index in [4.69, 9.17) is 9.47 Å². The van der Waals surface area contributed by atoms with E-state index in [1.165, 1.54) is 12.0 Å². The molecule has 0 bridgehead atoms. The van der Waals surface area contributed by atoms with Crippen molar-refractivity contribution in [2.75, 3.05) is 53.1 Å². The molecule has 6 nitrogen and oxygen atoms in total.